The Labute approximate surface area is 109 Å². The van der Waals surface area contributed by atoms with Crippen molar-refractivity contribution in [3.8, 4) is 0 Å². The standard InChI is InChI=1S/C8H7Br2N3OS/c9-4-1-2-5(6(10)3-4)7(14)13(12)8(11)15/h1-3H,12H2,(H2,11,15). The summed E-state index contributed by atoms with van der Waals surface area (Å²) in [6.07, 6.45) is 0. The Kier molecular flexibility index (Phi) is 4.21. The number of amides is 1. The number of hydrogen-bond acceptors (Lipinski definition) is 3. The largest absolute Gasteiger partial charge is 0.375 e. The van der Waals surface area contributed by atoms with Crippen molar-refractivity contribution in [2.45, 2.75) is 0 Å². The molecule has 0 spiro atoms. The lowest BCUT2D eigenvalue weighted by Crippen LogP contribution is -2.45. The summed E-state index contributed by atoms with van der Waals surface area (Å²) in [5.74, 6) is 4.93. The van der Waals surface area contributed by atoms with Crippen LogP contribution < -0.4 is 11.6 Å². The monoisotopic (exact) mass is 351 g/mol. The first-order valence-electron chi connectivity index (χ1n) is 3.77. The summed E-state index contributed by atoms with van der Waals surface area (Å²) in [5.41, 5.74) is 5.64. The first kappa shape index (κ1) is 12.6. The third-order valence-corrected chi connectivity index (χ3v) is 2.96. The van der Waals surface area contributed by atoms with E-state index in [1.54, 1.807) is 18.2 Å². The molecule has 80 valence electrons. The van der Waals surface area contributed by atoms with Gasteiger partial charge < -0.3 is 5.73 Å². The lowest BCUT2D eigenvalue weighted by Gasteiger charge is -2.14. The quantitative estimate of drug-likeness (QED) is 0.349. The number of nitrogens with two attached hydrogens (primary N) is 2. The molecule has 1 amide bonds. The predicted molar refractivity (Wildman–Crippen MR) is 69.0 cm³/mol. The molecule has 1 aromatic carbocycles. The third-order valence-electron chi connectivity index (χ3n) is 1.62. The van der Waals surface area contributed by atoms with Gasteiger partial charge in [0.15, 0.2) is 5.11 Å². The molecule has 0 saturated carbocycles. The molecule has 0 aliphatic rings. The van der Waals surface area contributed by atoms with Crippen LogP contribution in [0, 0.1) is 0 Å². The molecular weight excluding hydrogens is 346 g/mol. The topological polar surface area (TPSA) is 72.3 Å². The number of carbonyl (C=O) groups excluding carboxylic acids is 1. The Morgan fingerprint density at radius 1 is 1.40 bits per heavy atom. The van der Waals surface area contributed by atoms with Gasteiger partial charge in [-0.3, -0.25) is 4.79 Å². The first-order valence-corrected chi connectivity index (χ1v) is 5.76. The second-order valence-electron chi connectivity index (χ2n) is 2.64. The molecule has 7 heteroatoms. The zero-order valence-electron chi connectivity index (χ0n) is 7.41. The minimum absolute atomic E-state index is 0.171. The van der Waals surface area contributed by atoms with Gasteiger partial charge in [0.2, 0.25) is 0 Å². The van der Waals surface area contributed by atoms with Gasteiger partial charge in [0.25, 0.3) is 5.91 Å². The van der Waals surface area contributed by atoms with Crippen LogP contribution in [0.25, 0.3) is 0 Å². The van der Waals surface area contributed by atoms with Gasteiger partial charge in [-0.15, -0.1) is 0 Å². The van der Waals surface area contributed by atoms with Gasteiger partial charge in [0.05, 0.1) is 5.56 Å². The lowest BCUT2D eigenvalue weighted by molar-refractivity contribution is 0.0847. The zero-order chi connectivity index (χ0) is 11.6. The predicted octanol–water partition coefficient (Wildman–Crippen LogP) is 1.77. The molecule has 1 rings (SSSR count). The van der Waals surface area contributed by atoms with Crippen molar-refractivity contribution in [3.05, 3.63) is 32.7 Å². The van der Waals surface area contributed by atoms with E-state index in [4.69, 9.17) is 11.6 Å². The number of hydrogen-bond donors (Lipinski definition) is 2. The van der Waals surface area contributed by atoms with Crippen LogP contribution in [-0.4, -0.2) is 16.0 Å². The Morgan fingerprint density at radius 2 is 2.00 bits per heavy atom. The summed E-state index contributed by atoms with van der Waals surface area (Å²) < 4.78 is 1.47. The van der Waals surface area contributed by atoms with Crippen molar-refractivity contribution in [2.75, 3.05) is 0 Å². The minimum Gasteiger partial charge on any atom is -0.375 e. The minimum atomic E-state index is -0.457. The number of rotatable bonds is 1. The van der Waals surface area contributed by atoms with Crippen LogP contribution >= 0.6 is 44.1 Å². The maximum atomic E-state index is 11.7. The number of carbonyl (C=O) groups is 1. The highest BCUT2D eigenvalue weighted by atomic mass is 79.9. The van der Waals surface area contributed by atoms with E-state index in [0.717, 1.165) is 9.48 Å². The zero-order valence-corrected chi connectivity index (χ0v) is 11.4. The molecule has 4 nitrogen and oxygen atoms in total. The Hall–Kier alpha value is -0.500. The van der Waals surface area contributed by atoms with Crippen LogP contribution in [0.5, 0.6) is 0 Å². The van der Waals surface area contributed by atoms with E-state index < -0.39 is 5.91 Å². The van der Waals surface area contributed by atoms with E-state index in [-0.39, 0.29) is 5.11 Å². The Bertz CT molecular complexity index is 424. The van der Waals surface area contributed by atoms with Crippen LogP contribution in [0.3, 0.4) is 0 Å². The fourth-order valence-electron chi connectivity index (χ4n) is 0.893. The molecule has 0 saturated heterocycles. The van der Waals surface area contributed by atoms with Crippen molar-refractivity contribution in [3.63, 3.8) is 0 Å². The summed E-state index contributed by atoms with van der Waals surface area (Å²) in [6.45, 7) is 0. The van der Waals surface area contributed by atoms with Gasteiger partial charge in [-0.25, -0.2) is 10.9 Å². The van der Waals surface area contributed by atoms with Crippen LogP contribution in [0.2, 0.25) is 0 Å². The van der Waals surface area contributed by atoms with Crippen LogP contribution in [-0.2, 0) is 0 Å². The molecule has 15 heavy (non-hydrogen) atoms. The number of thiocarbonyl (C=S) groups is 1. The molecule has 1 aromatic rings. The van der Waals surface area contributed by atoms with Gasteiger partial charge >= 0.3 is 0 Å². The highest BCUT2D eigenvalue weighted by Crippen LogP contribution is 2.22. The van der Waals surface area contributed by atoms with Crippen LogP contribution in [0.15, 0.2) is 27.1 Å². The first-order chi connectivity index (χ1) is 6.93. The summed E-state index contributed by atoms with van der Waals surface area (Å²) >= 11 is 11.1. The van der Waals surface area contributed by atoms with Crippen molar-refractivity contribution in [1.29, 1.82) is 0 Å². The molecule has 0 atom stereocenters. The average Bonchev–Trinajstić information content (AvgIpc) is 2.15. The molecule has 4 N–H and O–H groups in total. The normalized spacial score (nSPS) is 9.80. The van der Waals surface area contributed by atoms with Crippen LogP contribution in [0.1, 0.15) is 10.4 Å². The Balaban J connectivity index is 3.07. The average molecular weight is 353 g/mol. The molecule has 0 unspecified atom stereocenters. The number of halogens is 2. The molecule has 0 aliphatic carbocycles. The van der Waals surface area contributed by atoms with Crippen molar-refractivity contribution in [1.82, 2.24) is 5.01 Å². The fourth-order valence-corrected chi connectivity index (χ4v) is 2.19. The number of nitrogens with zero attached hydrogens (tertiary/aromatic N) is 1. The maximum Gasteiger partial charge on any atom is 0.275 e. The molecule has 0 heterocycles. The van der Waals surface area contributed by atoms with Gasteiger partial charge in [-0.05, 0) is 46.3 Å². The smallest absolute Gasteiger partial charge is 0.275 e. The van der Waals surface area contributed by atoms with E-state index in [2.05, 4.69) is 44.1 Å². The van der Waals surface area contributed by atoms with E-state index >= 15 is 0 Å². The molecule has 0 bridgehead atoms. The third kappa shape index (κ3) is 2.97. The van der Waals surface area contributed by atoms with Gasteiger partial charge in [0, 0.05) is 8.95 Å². The number of hydrazine groups is 1. The summed E-state index contributed by atoms with van der Waals surface area (Å²) in [7, 11) is 0. The summed E-state index contributed by atoms with van der Waals surface area (Å²) in [6, 6.07) is 5.08. The van der Waals surface area contributed by atoms with Crippen molar-refractivity contribution < 1.29 is 4.79 Å². The van der Waals surface area contributed by atoms with Crippen molar-refractivity contribution in [2.24, 2.45) is 11.6 Å². The van der Waals surface area contributed by atoms with Gasteiger partial charge in [0.1, 0.15) is 0 Å². The van der Waals surface area contributed by atoms with Gasteiger partial charge in [-0.1, -0.05) is 15.9 Å². The molecule has 0 fully saturated rings. The van der Waals surface area contributed by atoms with Gasteiger partial charge in [-0.2, -0.15) is 0 Å². The highest BCUT2D eigenvalue weighted by molar-refractivity contribution is 9.11. The molecule has 0 radical (unpaired) electrons. The number of benzene rings is 1. The highest BCUT2D eigenvalue weighted by Gasteiger charge is 2.17. The summed E-state index contributed by atoms with van der Waals surface area (Å²) in [5, 5.41) is 0.554. The maximum absolute atomic E-state index is 11.7. The van der Waals surface area contributed by atoms with E-state index in [1.165, 1.54) is 0 Å². The summed E-state index contributed by atoms with van der Waals surface area (Å²) in [4.78, 5) is 11.7. The van der Waals surface area contributed by atoms with Crippen molar-refractivity contribution >= 4 is 55.1 Å². The van der Waals surface area contributed by atoms with Crippen LogP contribution in [0.4, 0.5) is 0 Å². The lowest BCUT2D eigenvalue weighted by atomic mass is 10.2. The van der Waals surface area contributed by atoms with E-state index in [1.807, 2.05) is 0 Å². The Morgan fingerprint density at radius 3 is 2.47 bits per heavy atom. The second-order valence-corrected chi connectivity index (χ2v) is 4.83. The van der Waals surface area contributed by atoms with E-state index in [0.29, 0.717) is 10.0 Å². The second kappa shape index (κ2) is 5.02. The molecular formula is C8H7Br2N3OS. The molecule has 0 aliphatic heterocycles. The fraction of sp³-hybridized carbons (Fsp3) is 0. The molecule has 0 aromatic heterocycles. The van der Waals surface area contributed by atoms with E-state index in [9.17, 15) is 4.79 Å². The SMILES string of the molecule is NC(=S)N(N)C(=O)c1ccc(Br)cc1Br.